The van der Waals surface area contributed by atoms with Gasteiger partial charge in [-0.2, -0.15) is 0 Å². The molecule has 1 atom stereocenters. The summed E-state index contributed by atoms with van der Waals surface area (Å²) in [7, 11) is -0.569. The van der Waals surface area contributed by atoms with Gasteiger partial charge in [0.2, 0.25) is 10.0 Å². The van der Waals surface area contributed by atoms with Gasteiger partial charge in [0, 0.05) is 38.9 Å². The number of ether oxygens (including phenoxy) is 1. The summed E-state index contributed by atoms with van der Waals surface area (Å²) in [6, 6.07) is 1.34. The molecule has 0 saturated carbocycles. The van der Waals surface area contributed by atoms with E-state index in [2.05, 4.69) is 14.9 Å². The van der Waals surface area contributed by atoms with Crippen LogP contribution in [0.25, 0.3) is 0 Å². The van der Waals surface area contributed by atoms with E-state index in [0.29, 0.717) is 18.9 Å². The maximum atomic E-state index is 12.4. The number of hydrogen-bond acceptors (Lipinski definition) is 5. The molecular weight excluding hydrogens is 320 g/mol. The van der Waals surface area contributed by atoms with E-state index in [1.54, 1.807) is 7.05 Å². The molecule has 0 radical (unpaired) electrons. The van der Waals surface area contributed by atoms with E-state index >= 15 is 0 Å². The van der Waals surface area contributed by atoms with Gasteiger partial charge in [-0.25, -0.2) is 13.1 Å². The first kappa shape index (κ1) is 17.9. The zero-order valence-electron chi connectivity index (χ0n) is 13.7. The van der Waals surface area contributed by atoms with Crippen LogP contribution in [0.2, 0.25) is 0 Å². The van der Waals surface area contributed by atoms with Crippen molar-refractivity contribution in [1.29, 1.82) is 0 Å². The monoisotopic (exact) mass is 344 g/mol. The first-order chi connectivity index (χ1) is 10.8. The zero-order valence-corrected chi connectivity index (χ0v) is 14.5. The smallest absolute Gasteiger partial charge is 0.268 e. The number of carbonyl (C=O) groups is 1. The maximum absolute atomic E-state index is 12.4. The molecule has 2 rings (SSSR count). The first-order valence-electron chi connectivity index (χ1n) is 7.54. The van der Waals surface area contributed by atoms with Gasteiger partial charge in [-0.3, -0.25) is 9.69 Å². The summed E-state index contributed by atoms with van der Waals surface area (Å²) in [5, 5.41) is 2.91. The van der Waals surface area contributed by atoms with Crippen molar-refractivity contribution >= 4 is 15.9 Å². The molecule has 2 N–H and O–H groups in total. The predicted octanol–water partition coefficient (Wildman–Crippen LogP) is -0.616. The third kappa shape index (κ3) is 4.54. The highest BCUT2D eigenvalue weighted by atomic mass is 32.2. The standard InChI is InChI=1S/C14H24N4O4S/c1-11(9-18-4-6-22-7-5-18)16-14(19)13-8-12(10-17(13)3)23(20,21)15-2/h8,10-11,15H,4-7,9H2,1-3H3,(H,16,19)/t11-/m0/s1. The normalized spacial score (nSPS) is 17.9. The Kier molecular flexibility index (Phi) is 5.79. The lowest BCUT2D eigenvalue weighted by molar-refractivity contribution is 0.0342. The van der Waals surface area contributed by atoms with E-state index in [-0.39, 0.29) is 16.8 Å². The summed E-state index contributed by atoms with van der Waals surface area (Å²) in [6.45, 7) is 5.81. The lowest BCUT2D eigenvalue weighted by Gasteiger charge is -2.29. The van der Waals surface area contributed by atoms with Crippen molar-refractivity contribution in [2.75, 3.05) is 39.9 Å². The second-order valence-corrected chi connectivity index (χ2v) is 7.55. The minimum Gasteiger partial charge on any atom is -0.379 e. The molecule has 0 aromatic carbocycles. The molecule has 130 valence electrons. The van der Waals surface area contributed by atoms with Crippen molar-refractivity contribution < 1.29 is 17.9 Å². The van der Waals surface area contributed by atoms with Gasteiger partial charge in [-0.1, -0.05) is 0 Å². The van der Waals surface area contributed by atoms with E-state index in [4.69, 9.17) is 4.74 Å². The number of amides is 1. The quantitative estimate of drug-likeness (QED) is 0.718. The predicted molar refractivity (Wildman–Crippen MR) is 85.8 cm³/mol. The second kappa shape index (κ2) is 7.43. The van der Waals surface area contributed by atoms with Crippen molar-refractivity contribution in [3.63, 3.8) is 0 Å². The van der Waals surface area contributed by atoms with Crippen LogP contribution >= 0.6 is 0 Å². The number of nitrogens with zero attached hydrogens (tertiary/aromatic N) is 2. The van der Waals surface area contributed by atoms with E-state index in [9.17, 15) is 13.2 Å². The Morgan fingerprint density at radius 1 is 1.39 bits per heavy atom. The van der Waals surface area contributed by atoms with Gasteiger partial charge in [0.1, 0.15) is 10.6 Å². The molecule has 0 aliphatic carbocycles. The third-order valence-electron chi connectivity index (χ3n) is 3.80. The molecule has 1 fully saturated rings. The molecule has 0 spiro atoms. The van der Waals surface area contributed by atoms with Crippen molar-refractivity contribution in [3.05, 3.63) is 18.0 Å². The molecule has 1 aliphatic rings. The number of hydrogen-bond donors (Lipinski definition) is 2. The van der Waals surface area contributed by atoms with E-state index in [1.807, 2.05) is 6.92 Å². The molecule has 1 aromatic heterocycles. The van der Waals surface area contributed by atoms with Gasteiger partial charge in [0.05, 0.1) is 13.2 Å². The van der Waals surface area contributed by atoms with Crippen molar-refractivity contribution in [3.8, 4) is 0 Å². The number of aromatic nitrogens is 1. The van der Waals surface area contributed by atoms with Crippen LogP contribution < -0.4 is 10.0 Å². The van der Waals surface area contributed by atoms with E-state index in [0.717, 1.165) is 19.6 Å². The Morgan fingerprint density at radius 3 is 2.65 bits per heavy atom. The number of sulfonamides is 1. The van der Waals surface area contributed by atoms with Gasteiger partial charge in [0.25, 0.3) is 5.91 Å². The molecule has 23 heavy (non-hydrogen) atoms. The van der Waals surface area contributed by atoms with Crippen molar-refractivity contribution in [1.82, 2.24) is 19.5 Å². The zero-order chi connectivity index (χ0) is 17.0. The van der Waals surface area contributed by atoms with Crippen LogP contribution in [0.5, 0.6) is 0 Å². The minimum absolute atomic E-state index is 0.0418. The molecule has 1 aromatic rings. The topological polar surface area (TPSA) is 92.7 Å². The summed E-state index contributed by atoms with van der Waals surface area (Å²) in [6.07, 6.45) is 1.42. The highest BCUT2D eigenvalue weighted by Crippen LogP contribution is 2.13. The first-order valence-corrected chi connectivity index (χ1v) is 9.02. The highest BCUT2D eigenvalue weighted by Gasteiger charge is 2.21. The molecule has 0 unspecified atom stereocenters. The molecule has 1 amide bonds. The SMILES string of the molecule is CNS(=O)(=O)c1cc(C(=O)N[C@@H](C)CN2CCOCC2)n(C)c1. The van der Waals surface area contributed by atoms with Gasteiger partial charge in [-0.15, -0.1) is 0 Å². The van der Waals surface area contributed by atoms with Crippen molar-refractivity contribution in [2.45, 2.75) is 17.9 Å². The van der Waals surface area contributed by atoms with Crippen LogP contribution in [-0.2, 0) is 21.8 Å². The molecule has 0 bridgehead atoms. The van der Waals surface area contributed by atoms with Gasteiger partial charge >= 0.3 is 0 Å². The summed E-state index contributed by atoms with van der Waals surface area (Å²) >= 11 is 0. The lowest BCUT2D eigenvalue weighted by atomic mass is 10.2. The van der Waals surface area contributed by atoms with Crippen molar-refractivity contribution in [2.24, 2.45) is 7.05 Å². The number of rotatable bonds is 6. The maximum Gasteiger partial charge on any atom is 0.268 e. The fraction of sp³-hybridized carbons (Fsp3) is 0.643. The molecule has 1 saturated heterocycles. The van der Waals surface area contributed by atoms with Crippen LogP contribution in [0.1, 0.15) is 17.4 Å². The van der Waals surface area contributed by atoms with Crippen LogP contribution in [0.3, 0.4) is 0 Å². The fourth-order valence-corrected chi connectivity index (χ4v) is 3.34. The van der Waals surface area contributed by atoms with Crippen LogP contribution in [0.15, 0.2) is 17.2 Å². The summed E-state index contributed by atoms with van der Waals surface area (Å²) in [4.78, 5) is 14.7. The second-order valence-electron chi connectivity index (χ2n) is 5.67. The molecule has 8 nitrogen and oxygen atoms in total. The average molecular weight is 344 g/mol. The van der Waals surface area contributed by atoms with Gasteiger partial charge < -0.3 is 14.6 Å². The Morgan fingerprint density at radius 2 is 2.04 bits per heavy atom. The Labute approximate surface area is 136 Å². The molecule has 2 heterocycles. The lowest BCUT2D eigenvalue weighted by Crippen LogP contribution is -2.46. The van der Waals surface area contributed by atoms with E-state index < -0.39 is 10.0 Å². The van der Waals surface area contributed by atoms with Gasteiger partial charge in [0.15, 0.2) is 0 Å². The Bertz CT molecular complexity index is 650. The highest BCUT2D eigenvalue weighted by molar-refractivity contribution is 7.89. The van der Waals surface area contributed by atoms with Crippen LogP contribution in [0.4, 0.5) is 0 Å². The van der Waals surface area contributed by atoms with Crippen LogP contribution in [0, 0.1) is 0 Å². The summed E-state index contributed by atoms with van der Waals surface area (Å²) < 4.78 is 32.7. The number of carbonyl (C=O) groups excluding carboxylic acids is 1. The number of nitrogens with one attached hydrogen (secondary N) is 2. The summed E-state index contributed by atoms with van der Waals surface area (Å²) in [5.41, 5.74) is 0.313. The number of aryl methyl sites for hydroxylation is 1. The number of morpholine rings is 1. The molecule has 9 heteroatoms. The molecule has 1 aliphatic heterocycles. The molecular formula is C14H24N4O4S. The Hall–Kier alpha value is -1.42. The Balaban J connectivity index is 2.00. The summed E-state index contributed by atoms with van der Waals surface area (Å²) in [5.74, 6) is -0.286. The van der Waals surface area contributed by atoms with E-state index in [1.165, 1.54) is 23.9 Å². The largest absolute Gasteiger partial charge is 0.379 e. The van der Waals surface area contributed by atoms with Crippen LogP contribution in [-0.4, -0.2) is 69.7 Å². The minimum atomic E-state index is -3.56. The average Bonchev–Trinajstić information content (AvgIpc) is 2.91. The fourth-order valence-electron chi connectivity index (χ4n) is 2.54. The third-order valence-corrected chi connectivity index (χ3v) is 5.19. The van der Waals surface area contributed by atoms with Gasteiger partial charge in [-0.05, 0) is 20.0 Å².